The van der Waals surface area contributed by atoms with E-state index in [2.05, 4.69) is 30.8 Å². The van der Waals surface area contributed by atoms with Gasteiger partial charge in [-0.15, -0.1) is 0 Å². The first kappa shape index (κ1) is 14.0. The number of carboxylic acids is 1. The highest BCUT2D eigenvalue weighted by Gasteiger charge is 2.30. The van der Waals surface area contributed by atoms with Gasteiger partial charge in [-0.25, -0.2) is 9.78 Å². The van der Waals surface area contributed by atoms with Crippen LogP contribution in [0.15, 0.2) is 41.3 Å². The summed E-state index contributed by atoms with van der Waals surface area (Å²) in [6, 6.07) is 5.39. The number of carboxylic acid groups (broad SMARTS) is 1. The standard InChI is InChI=1S/C15H14BrN3O2/c16-11-7-10(8-17-9-11)13-4-2-6-19(13)14-12(15(20)21)3-1-5-18-14/h1,3,5,7-9,13H,2,4,6H2,(H,20,21). The molecule has 1 aliphatic heterocycles. The van der Waals surface area contributed by atoms with E-state index in [-0.39, 0.29) is 11.6 Å². The molecule has 0 amide bonds. The monoisotopic (exact) mass is 347 g/mol. The quantitative estimate of drug-likeness (QED) is 0.922. The number of carbonyl (C=O) groups is 1. The van der Waals surface area contributed by atoms with Gasteiger partial charge in [-0.1, -0.05) is 0 Å². The fourth-order valence-corrected chi connectivity index (χ4v) is 3.15. The molecule has 0 radical (unpaired) electrons. The minimum atomic E-state index is -0.948. The third kappa shape index (κ3) is 2.76. The van der Waals surface area contributed by atoms with Crippen LogP contribution in [0.4, 0.5) is 5.82 Å². The normalized spacial score (nSPS) is 18.0. The summed E-state index contributed by atoms with van der Waals surface area (Å²) in [5.74, 6) is -0.413. The van der Waals surface area contributed by atoms with E-state index in [9.17, 15) is 9.90 Å². The summed E-state index contributed by atoms with van der Waals surface area (Å²) in [5.41, 5.74) is 1.32. The maximum atomic E-state index is 11.4. The topological polar surface area (TPSA) is 66.3 Å². The predicted molar refractivity (Wildman–Crippen MR) is 82.5 cm³/mol. The summed E-state index contributed by atoms with van der Waals surface area (Å²) in [4.78, 5) is 21.9. The second-order valence-corrected chi connectivity index (χ2v) is 5.88. The molecule has 6 heteroatoms. The van der Waals surface area contributed by atoms with E-state index in [1.807, 2.05) is 12.3 Å². The van der Waals surface area contributed by atoms with E-state index in [0.29, 0.717) is 5.82 Å². The first-order valence-electron chi connectivity index (χ1n) is 6.72. The van der Waals surface area contributed by atoms with Gasteiger partial charge in [-0.05, 0) is 52.5 Å². The maximum absolute atomic E-state index is 11.4. The van der Waals surface area contributed by atoms with Gasteiger partial charge in [0.15, 0.2) is 0 Å². The molecule has 1 unspecified atom stereocenters. The summed E-state index contributed by atoms with van der Waals surface area (Å²) in [6.07, 6.45) is 7.18. The van der Waals surface area contributed by atoms with Crippen LogP contribution in [-0.2, 0) is 0 Å². The predicted octanol–water partition coefficient (Wildman–Crippen LogP) is 3.28. The van der Waals surface area contributed by atoms with Crippen LogP contribution in [0.25, 0.3) is 0 Å². The van der Waals surface area contributed by atoms with E-state index < -0.39 is 5.97 Å². The summed E-state index contributed by atoms with van der Waals surface area (Å²) < 4.78 is 0.923. The number of pyridine rings is 2. The van der Waals surface area contributed by atoms with Crippen LogP contribution in [0, 0.1) is 0 Å². The fourth-order valence-electron chi connectivity index (χ4n) is 2.77. The lowest BCUT2D eigenvalue weighted by Gasteiger charge is -2.27. The summed E-state index contributed by atoms with van der Waals surface area (Å²) in [6.45, 7) is 0.800. The highest BCUT2D eigenvalue weighted by atomic mass is 79.9. The molecule has 0 saturated carbocycles. The molecule has 0 aliphatic carbocycles. The van der Waals surface area contributed by atoms with Crippen LogP contribution in [-0.4, -0.2) is 27.6 Å². The zero-order valence-corrected chi connectivity index (χ0v) is 12.8. The van der Waals surface area contributed by atoms with Crippen molar-refractivity contribution in [1.29, 1.82) is 0 Å². The molecule has 0 aromatic carbocycles. The van der Waals surface area contributed by atoms with E-state index in [4.69, 9.17) is 0 Å². The minimum Gasteiger partial charge on any atom is -0.478 e. The Kier molecular flexibility index (Phi) is 3.88. The molecule has 0 spiro atoms. The molecule has 1 N–H and O–H groups in total. The van der Waals surface area contributed by atoms with Gasteiger partial charge in [0.05, 0.1) is 6.04 Å². The van der Waals surface area contributed by atoms with Gasteiger partial charge in [-0.2, -0.15) is 0 Å². The average Bonchev–Trinajstić information content (AvgIpc) is 2.96. The van der Waals surface area contributed by atoms with Crippen LogP contribution < -0.4 is 4.90 Å². The van der Waals surface area contributed by atoms with Crippen LogP contribution in [0.1, 0.15) is 34.8 Å². The van der Waals surface area contributed by atoms with E-state index >= 15 is 0 Å². The Morgan fingerprint density at radius 3 is 3.05 bits per heavy atom. The number of hydrogen-bond donors (Lipinski definition) is 1. The first-order valence-corrected chi connectivity index (χ1v) is 7.51. The molecule has 2 aromatic rings. The molecular formula is C15H14BrN3O2. The van der Waals surface area contributed by atoms with Gasteiger partial charge in [0, 0.05) is 29.6 Å². The van der Waals surface area contributed by atoms with E-state index in [1.54, 1.807) is 24.5 Å². The Hall–Kier alpha value is -1.95. The highest BCUT2D eigenvalue weighted by molar-refractivity contribution is 9.10. The number of nitrogens with zero attached hydrogens (tertiary/aromatic N) is 3. The van der Waals surface area contributed by atoms with Gasteiger partial charge in [0.2, 0.25) is 0 Å². The van der Waals surface area contributed by atoms with Gasteiger partial charge < -0.3 is 10.0 Å². The zero-order chi connectivity index (χ0) is 14.8. The summed E-state index contributed by atoms with van der Waals surface area (Å²) in [5, 5.41) is 9.34. The third-order valence-electron chi connectivity index (χ3n) is 3.65. The van der Waals surface area contributed by atoms with Crippen LogP contribution in [0.5, 0.6) is 0 Å². The fraction of sp³-hybridized carbons (Fsp3) is 0.267. The van der Waals surface area contributed by atoms with Crippen molar-refractivity contribution in [3.8, 4) is 0 Å². The van der Waals surface area contributed by atoms with Crippen LogP contribution in [0.2, 0.25) is 0 Å². The molecule has 21 heavy (non-hydrogen) atoms. The number of aromatic nitrogens is 2. The second-order valence-electron chi connectivity index (χ2n) is 4.97. The van der Waals surface area contributed by atoms with Crippen molar-refractivity contribution < 1.29 is 9.90 Å². The number of hydrogen-bond acceptors (Lipinski definition) is 4. The van der Waals surface area contributed by atoms with E-state index in [1.165, 1.54) is 0 Å². The third-order valence-corrected chi connectivity index (χ3v) is 4.09. The molecule has 2 aromatic heterocycles. The molecule has 108 valence electrons. The molecule has 1 aliphatic rings. The molecule has 1 saturated heterocycles. The molecule has 1 atom stereocenters. The zero-order valence-electron chi connectivity index (χ0n) is 11.2. The number of anilines is 1. The van der Waals surface area contributed by atoms with Gasteiger partial charge in [0.1, 0.15) is 11.4 Å². The lowest BCUT2D eigenvalue weighted by Crippen LogP contribution is -2.25. The SMILES string of the molecule is O=C(O)c1cccnc1N1CCCC1c1cncc(Br)c1. The molecular weight excluding hydrogens is 334 g/mol. The lowest BCUT2D eigenvalue weighted by molar-refractivity contribution is 0.0697. The first-order chi connectivity index (χ1) is 10.2. The summed E-state index contributed by atoms with van der Waals surface area (Å²) >= 11 is 3.43. The largest absolute Gasteiger partial charge is 0.478 e. The molecule has 3 heterocycles. The van der Waals surface area contributed by atoms with Crippen molar-refractivity contribution in [3.05, 3.63) is 52.4 Å². The van der Waals surface area contributed by atoms with Crippen molar-refractivity contribution in [3.63, 3.8) is 0 Å². The van der Waals surface area contributed by atoms with Crippen molar-refractivity contribution in [2.45, 2.75) is 18.9 Å². The molecule has 5 nitrogen and oxygen atoms in total. The van der Waals surface area contributed by atoms with E-state index in [0.717, 1.165) is 29.4 Å². The van der Waals surface area contributed by atoms with Gasteiger partial charge in [-0.3, -0.25) is 4.98 Å². The molecule has 1 fully saturated rings. The average molecular weight is 348 g/mol. The van der Waals surface area contributed by atoms with Crippen molar-refractivity contribution in [2.75, 3.05) is 11.4 Å². The molecule has 0 bridgehead atoms. The van der Waals surface area contributed by atoms with Crippen molar-refractivity contribution in [2.24, 2.45) is 0 Å². The van der Waals surface area contributed by atoms with Crippen LogP contribution in [0.3, 0.4) is 0 Å². The van der Waals surface area contributed by atoms with Crippen LogP contribution >= 0.6 is 15.9 Å². The Labute approximate surface area is 130 Å². The minimum absolute atomic E-state index is 0.114. The lowest BCUT2D eigenvalue weighted by atomic mass is 10.1. The number of halogens is 1. The smallest absolute Gasteiger partial charge is 0.339 e. The van der Waals surface area contributed by atoms with Crippen molar-refractivity contribution in [1.82, 2.24) is 9.97 Å². The maximum Gasteiger partial charge on any atom is 0.339 e. The number of rotatable bonds is 3. The van der Waals surface area contributed by atoms with Gasteiger partial charge in [0.25, 0.3) is 0 Å². The Morgan fingerprint density at radius 2 is 2.29 bits per heavy atom. The van der Waals surface area contributed by atoms with Gasteiger partial charge >= 0.3 is 5.97 Å². The van der Waals surface area contributed by atoms with Crippen molar-refractivity contribution >= 4 is 27.7 Å². The Balaban J connectivity index is 2.00. The number of aromatic carboxylic acids is 1. The molecule has 3 rings (SSSR count). The highest BCUT2D eigenvalue weighted by Crippen LogP contribution is 2.36. The Morgan fingerprint density at radius 1 is 1.43 bits per heavy atom. The second kappa shape index (κ2) is 5.81. The Bertz CT molecular complexity index is 677. The summed E-state index contributed by atoms with van der Waals surface area (Å²) in [7, 11) is 0.